The first-order valence-electron chi connectivity index (χ1n) is 7.52. The molecule has 150 valence electrons. The van der Waals surface area contributed by atoms with Crippen LogP contribution in [0.15, 0.2) is 47.4 Å². The lowest BCUT2D eigenvalue weighted by molar-refractivity contribution is -0.141. The standard InChI is InChI=1S/C17H12F6N2O3/c18-16(19,20)12-4-5-13(17(21,22)23)11(8-12)9-25-7-1-2-10(15(25)27)3-6-14(26)24-28/h1-8,28H,9H2,(H,24,26)/b6-3+. The Morgan fingerprint density at radius 1 is 1.11 bits per heavy atom. The van der Waals surface area contributed by atoms with Gasteiger partial charge in [0.1, 0.15) is 0 Å². The van der Waals surface area contributed by atoms with Crippen molar-refractivity contribution in [3.05, 3.63) is 75.2 Å². The summed E-state index contributed by atoms with van der Waals surface area (Å²) in [4.78, 5) is 23.3. The van der Waals surface area contributed by atoms with E-state index in [-0.39, 0.29) is 5.56 Å². The minimum Gasteiger partial charge on any atom is -0.311 e. The number of halogens is 6. The van der Waals surface area contributed by atoms with E-state index < -0.39 is 47.1 Å². The van der Waals surface area contributed by atoms with E-state index in [4.69, 9.17) is 5.21 Å². The van der Waals surface area contributed by atoms with Gasteiger partial charge in [-0.2, -0.15) is 26.3 Å². The number of hydrogen-bond acceptors (Lipinski definition) is 3. The zero-order valence-electron chi connectivity index (χ0n) is 13.8. The minimum atomic E-state index is -4.92. The molecule has 0 spiro atoms. The Morgan fingerprint density at radius 3 is 2.36 bits per heavy atom. The van der Waals surface area contributed by atoms with Gasteiger partial charge < -0.3 is 4.57 Å². The van der Waals surface area contributed by atoms with Crippen molar-refractivity contribution < 1.29 is 36.3 Å². The monoisotopic (exact) mass is 406 g/mol. The third-order valence-electron chi connectivity index (χ3n) is 3.65. The molecule has 2 rings (SSSR count). The summed E-state index contributed by atoms with van der Waals surface area (Å²) in [6.07, 6.45) is -6.87. The summed E-state index contributed by atoms with van der Waals surface area (Å²) in [7, 11) is 0. The number of carbonyl (C=O) groups is 1. The molecule has 0 atom stereocenters. The number of hydrogen-bond donors (Lipinski definition) is 2. The quantitative estimate of drug-likeness (QED) is 0.354. The molecule has 0 aliphatic heterocycles. The third-order valence-corrected chi connectivity index (χ3v) is 3.65. The average molecular weight is 406 g/mol. The first kappa shape index (κ1) is 21.2. The van der Waals surface area contributed by atoms with Crippen LogP contribution in [0.2, 0.25) is 0 Å². The van der Waals surface area contributed by atoms with Gasteiger partial charge in [-0.25, -0.2) is 5.48 Å². The molecule has 0 unspecified atom stereocenters. The maximum absolute atomic E-state index is 13.2. The van der Waals surface area contributed by atoms with E-state index in [1.807, 2.05) is 0 Å². The highest BCUT2D eigenvalue weighted by Crippen LogP contribution is 2.36. The zero-order chi connectivity index (χ0) is 21.1. The molecule has 0 saturated heterocycles. The molecule has 0 saturated carbocycles. The number of amides is 1. The van der Waals surface area contributed by atoms with Gasteiger partial charge >= 0.3 is 12.4 Å². The molecular weight excluding hydrogens is 394 g/mol. The molecule has 0 bridgehead atoms. The summed E-state index contributed by atoms with van der Waals surface area (Å²) in [5.74, 6) is -0.952. The van der Waals surface area contributed by atoms with Crippen LogP contribution in [-0.4, -0.2) is 15.7 Å². The topological polar surface area (TPSA) is 71.3 Å². The molecule has 0 aliphatic rings. The van der Waals surface area contributed by atoms with Crippen molar-refractivity contribution in [1.82, 2.24) is 10.0 Å². The van der Waals surface area contributed by atoms with Crippen LogP contribution in [0.3, 0.4) is 0 Å². The van der Waals surface area contributed by atoms with Crippen LogP contribution in [0, 0.1) is 0 Å². The number of pyridine rings is 1. The number of nitrogens with one attached hydrogen (secondary N) is 1. The molecule has 1 amide bonds. The molecule has 28 heavy (non-hydrogen) atoms. The van der Waals surface area contributed by atoms with Gasteiger partial charge in [0.2, 0.25) is 0 Å². The Kier molecular flexibility index (Phi) is 5.98. The molecule has 1 heterocycles. The number of nitrogens with zero attached hydrogens (tertiary/aromatic N) is 1. The van der Waals surface area contributed by atoms with E-state index in [0.717, 1.165) is 22.9 Å². The number of rotatable bonds is 4. The van der Waals surface area contributed by atoms with Crippen molar-refractivity contribution in [2.24, 2.45) is 0 Å². The SMILES string of the molecule is O=C(/C=C/c1cccn(Cc2cc(C(F)(F)F)ccc2C(F)(F)F)c1=O)NO. The first-order valence-corrected chi connectivity index (χ1v) is 7.52. The Balaban J connectivity index is 2.51. The average Bonchev–Trinajstić information content (AvgIpc) is 2.60. The van der Waals surface area contributed by atoms with Gasteiger partial charge in [-0.05, 0) is 42.0 Å². The van der Waals surface area contributed by atoms with Crippen LogP contribution in [-0.2, 0) is 23.7 Å². The van der Waals surface area contributed by atoms with Gasteiger partial charge in [-0.1, -0.05) is 0 Å². The van der Waals surface area contributed by atoms with E-state index in [1.54, 1.807) is 0 Å². The second-order valence-electron chi connectivity index (χ2n) is 5.57. The van der Waals surface area contributed by atoms with E-state index in [9.17, 15) is 35.9 Å². The van der Waals surface area contributed by atoms with Gasteiger partial charge in [-0.15, -0.1) is 0 Å². The molecular formula is C17H12F6N2O3. The van der Waals surface area contributed by atoms with E-state index in [1.165, 1.54) is 17.6 Å². The Labute approximate surface area is 153 Å². The van der Waals surface area contributed by atoms with E-state index >= 15 is 0 Å². The van der Waals surface area contributed by atoms with Crippen molar-refractivity contribution in [1.29, 1.82) is 0 Å². The van der Waals surface area contributed by atoms with Gasteiger partial charge in [0.25, 0.3) is 11.5 Å². The largest absolute Gasteiger partial charge is 0.416 e. The van der Waals surface area contributed by atoms with Gasteiger partial charge in [0, 0.05) is 17.8 Å². The summed E-state index contributed by atoms with van der Waals surface area (Å²) < 4.78 is 78.9. The highest BCUT2D eigenvalue weighted by Gasteiger charge is 2.37. The Bertz CT molecular complexity index is 961. The summed E-state index contributed by atoms with van der Waals surface area (Å²) in [5, 5.41) is 8.40. The highest BCUT2D eigenvalue weighted by molar-refractivity contribution is 5.90. The van der Waals surface area contributed by atoms with Crippen LogP contribution < -0.4 is 11.0 Å². The summed E-state index contributed by atoms with van der Waals surface area (Å²) in [6.45, 7) is -0.772. The lowest BCUT2D eigenvalue weighted by Crippen LogP contribution is -2.24. The number of hydroxylamine groups is 1. The number of benzene rings is 1. The first-order chi connectivity index (χ1) is 12.9. The van der Waals surface area contributed by atoms with Crippen molar-refractivity contribution in [3.8, 4) is 0 Å². The lowest BCUT2D eigenvalue weighted by Gasteiger charge is -2.17. The van der Waals surface area contributed by atoms with E-state index in [2.05, 4.69) is 0 Å². The van der Waals surface area contributed by atoms with Crippen LogP contribution in [0.4, 0.5) is 26.3 Å². The van der Waals surface area contributed by atoms with Crippen molar-refractivity contribution in [3.63, 3.8) is 0 Å². The molecule has 1 aromatic heterocycles. The maximum Gasteiger partial charge on any atom is 0.416 e. The molecule has 0 fully saturated rings. The van der Waals surface area contributed by atoms with Gasteiger partial charge in [0.05, 0.1) is 17.7 Å². The normalized spacial score (nSPS) is 12.4. The Hall–Kier alpha value is -3.08. The molecule has 0 aliphatic carbocycles. The summed E-state index contributed by atoms with van der Waals surface area (Å²) in [6, 6.07) is 3.51. The summed E-state index contributed by atoms with van der Waals surface area (Å²) >= 11 is 0. The van der Waals surface area contributed by atoms with Crippen LogP contribution in [0.25, 0.3) is 6.08 Å². The Morgan fingerprint density at radius 2 is 1.79 bits per heavy atom. The second-order valence-corrected chi connectivity index (χ2v) is 5.57. The maximum atomic E-state index is 13.2. The lowest BCUT2D eigenvalue weighted by atomic mass is 10.0. The predicted octanol–water partition coefficient (Wildman–Crippen LogP) is 3.45. The zero-order valence-corrected chi connectivity index (χ0v) is 13.8. The molecule has 5 nitrogen and oxygen atoms in total. The van der Waals surface area contributed by atoms with Crippen molar-refractivity contribution in [2.45, 2.75) is 18.9 Å². The number of aromatic nitrogens is 1. The number of alkyl halides is 6. The van der Waals surface area contributed by atoms with Crippen molar-refractivity contribution >= 4 is 12.0 Å². The predicted molar refractivity (Wildman–Crippen MR) is 85.2 cm³/mol. The fourth-order valence-electron chi connectivity index (χ4n) is 2.37. The number of carbonyl (C=O) groups excluding carboxylic acids is 1. The van der Waals surface area contributed by atoms with E-state index in [0.29, 0.717) is 18.2 Å². The molecule has 1 aromatic carbocycles. The smallest absolute Gasteiger partial charge is 0.311 e. The molecule has 2 aromatic rings. The van der Waals surface area contributed by atoms with Crippen LogP contribution in [0.1, 0.15) is 22.3 Å². The molecule has 2 N–H and O–H groups in total. The molecule has 0 radical (unpaired) electrons. The van der Waals surface area contributed by atoms with Crippen LogP contribution in [0.5, 0.6) is 0 Å². The van der Waals surface area contributed by atoms with Crippen molar-refractivity contribution in [2.75, 3.05) is 0 Å². The van der Waals surface area contributed by atoms with Gasteiger partial charge in [0.15, 0.2) is 0 Å². The fourth-order valence-corrected chi connectivity index (χ4v) is 2.37. The molecule has 11 heteroatoms. The third kappa shape index (κ3) is 5.00. The summed E-state index contributed by atoms with van der Waals surface area (Å²) in [5.41, 5.74) is -2.98. The van der Waals surface area contributed by atoms with Crippen LogP contribution >= 0.6 is 0 Å². The minimum absolute atomic E-state index is 0.119. The highest BCUT2D eigenvalue weighted by atomic mass is 19.4. The second kappa shape index (κ2) is 7.89. The van der Waals surface area contributed by atoms with Gasteiger partial charge in [-0.3, -0.25) is 14.8 Å². The fraction of sp³-hybridized carbons (Fsp3) is 0.176.